The summed E-state index contributed by atoms with van der Waals surface area (Å²) in [5.74, 6) is -1.96. The highest BCUT2D eigenvalue weighted by Crippen LogP contribution is 2.45. The van der Waals surface area contributed by atoms with Gasteiger partial charge in [0.1, 0.15) is 29.0 Å². The second-order valence-electron chi connectivity index (χ2n) is 8.89. The van der Waals surface area contributed by atoms with Crippen molar-refractivity contribution in [2.45, 2.75) is 26.5 Å². The fourth-order valence-corrected chi connectivity index (χ4v) is 6.18. The Bertz CT molecular complexity index is 1590. The highest BCUT2D eigenvalue weighted by Gasteiger charge is 2.48. The number of esters is 1. The van der Waals surface area contributed by atoms with E-state index in [9.17, 15) is 19.5 Å². The van der Waals surface area contributed by atoms with E-state index in [0.29, 0.717) is 28.5 Å². The lowest BCUT2D eigenvalue weighted by Gasteiger charge is -2.21. The standard InChI is InChI=1S/C29H24N2O6S2/c1-16-6-4-7-18(14-16)15-37-20-11-9-19(10-12-20)24(32)22-23(21-8-5-13-38-21)31(27(34)25(22)33)29-30-17(2)26(39-29)28(35)36-3/h4-14,23,32H,15H2,1-3H3/b24-22+. The number of nitrogens with zero attached hydrogens (tertiary/aromatic N) is 2. The van der Waals surface area contributed by atoms with Crippen LogP contribution in [0, 0.1) is 13.8 Å². The molecule has 0 radical (unpaired) electrons. The molecule has 4 aromatic rings. The summed E-state index contributed by atoms with van der Waals surface area (Å²) < 4.78 is 10.7. The van der Waals surface area contributed by atoms with E-state index in [0.717, 1.165) is 22.5 Å². The van der Waals surface area contributed by atoms with Crippen molar-refractivity contribution in [3.05, 3.63) is 104 Å². The van der Waals surface area contributed by atoms with Crippen LogP contribution >= 0.6 is 22.7 Å². The minimum absolute atomic E-state index is 0.0525. The number of Topliss-reactive ketones (excluding diaryl/α,β-unsaturated/α-hetero) is 1. The number of carbonyl (C=O) groups excluding carboxylic acids is 3. The third kappa shape index (κ3) is 5.08. The number of hydrogen-bond acceptors (Lipinski definition) is 9. The zero-order valence-electron chi connectivity index (χ0n) is 21.3. The van der Waals surface area contributed by atoms with E-state index in [1.807, 2.05) is 36.6 Å². The van der Waals surface area contributed by atoms with Crippen molar-refractivity contribution >= 4 is 51.2 Å². The number of ketones is 1. The minimum Gasteiger partial charge on any atom is -0.507 e. The normalized spacial score (nSPS) is 16.5. The summed E-state index contributed by atoms with van der Waals surface area (Å²) in [5, 5.41) is 13.3. The van der Waals surface area contributed by atoms with Gasteiger partial charge in [0.2, 0.25) is 0 Å². The van der Waals surface area contributed by atoms with E-state index >= 15 is 0 Å². The number of amides is 1. The average Bonchev–Trinajstić information content (AvgIpc) is 3.66. The monoisotopic (exact) mass is 560 g/mol. The Kier molecular flexibility index (Phi) is 7.32. The predicted molar refractivity (Wildman–Crippen MR) is 149 cm³/mol. The summed E-state index contributed by atoms with van der Waals surface area (Å²) in [6.45, 7) is 4.03. The number of aromatic nitrogens is 1. The van der Waals surface area contributed by atoms with Gasteiger partial charge in [-0.2, -0.15) is 0 Å². The quantitative estimate of drug-likeness (QED) is 0.132. The number of rotatable bonds is 7. The number of aliphatic hydroxyl groups is 1. The fourth-order valence-electron chi connectivity index (χ4n) is 4.35. The maximum atomic E-state index is 13.3. The molecule has 198 valence electrons. The van der Waals surface area contributed by atoms with Crippen molar-refractivity contribution in [3.8, 4) is 5.75 Å². The summed E-state index contributed by atoms with van der Waals surface area (Å²) in [6.07, 6.45) is 0. The number of methoxy groups -OCH3 is 1. The van der Waals surface area contributed by atoms with E-state index in [4.69, 9.17) is 9.47 Å². The molecule has 1 aliphatic heterocycles. The maximum absolute atomic E-state index is 13.3. The number of hydrogen-bond donors (Lipinski definition) is 1. The summed E-state index contributed by atoms with van der Waals surface area (Å²) in [6, 6.07) is 17.4. The van der Waals surface area contributed by atoms with Crippen LogP contribution in [-0.4, -0.2) is 34.9 Å². The fraction of sp³-hybridized carbons (Fsp3) is 0.172. The molecule has 1 atom stereocenters. The Labute approximate surface area is 232 Å². The van der Waals surface area contributed by atoms with Crippen LogP contribution in [0.15, 0.2) is 71.6 Å². The van der Waals surface area contributed by atoms with Crippen LogP contribution in [-0.2, 0) is 20.9 Å². The second kappa shape index (κ2) is 10.8. The number of thiophene rings is 1. The van der Waals surface area contributed by atoms with Crippen LogP contribution in [0.3, 0.4) is 0 Å². The molecule has 0 saturated carbocycles. The molecule has 3 heterocycles. The summed E-state index contributed by atoms with van der Waals surface area (Å²) in [4.78, 5) is 45.3. The van der Waals surface area contributed by atoms with E-state index in [2.05, 4.69) is 4.98 Å². The highest BCUT2D eigenvalue weighted by molar-refractivity contribution is 7.18. The van der Waals surface area contributed by atoms with Crippen molar-refractivity contribution in [2.24, 2.45) is 0 Å². The van der Waals surface area contributed by atoms with Gasteiger partial charge in [-0.1, -0.05) is 47.2 Å². The molecule has 0 spiro atoms. The van der Waals surface area contributed by atoms with Gasteiger partial charge in [0.05, 0.1) is 18.4 Å². The summed E-state index contributed by atoms with van der Waals surface area (Å²) >= 11 is 2.31. The largest absolute Gasteiger partial charge is 0.507 e. The molecule has 1 unspecified atom stereocenters. The lowest BCUT2D eigenvalue weighted by atomic mass is 10.00. The minimum atomic E-state index is -0.904. The molecule has 1 amide bonds. The van der Waals surface area contributed by atoms with Crippen LogP contribution < -0.4 is 9.64 Å². The molecule has 0 bridgehead atoms. The maximum Gasteiger partial charge on any atom is 0.350 e. The number of thiazole rings is 1. The lowest BCUT2D eigenvalue weighted by molar-refractivity contribution is -0.132. The number of benzene rings is 2. The zero-order chi connectivity index (χ0) is 27.7. The number of anilines is 1. The first-order chi connectivity index (χ1) is 18.8. The SMILES string of the molecule is COC(=O)c1sc(N2C(=O)C(=O)/C(=C(/O)c3ccc(OCc4cccc(C)c4)cc3)C2c2cccs2)nc1C. The van der Waals surface area contributed by atoms with Crippen molar-refractivity contribution in [1.29, 1.82) is 0 Å². The summed E-state index contributed by atoms with van der Waals surface area (Å²) in [7, 11) is 1.26. The Morgan fingerprint density at radius 1 is 1.08 bits per heavy atom. The van der Waals surface area contributed by atoms with Gasteiger partial charge >= 0.3 is 11.9 Å². The van der Waals surface area contributed by atoms with Crippen LogP contribution in [0.4, 0.5) is 5.13 Å². The molecule has 39 heavy (non-hydrogen) atoms. The van der Waals surface area contributed by atoms with Gasteiger partial charge in [-0.15, -0.1) is 11.3 Å². The van der Waals surface area contributed by atoms with Crippen LogP contribution in [0.2, 0.25) is 0 Å². The third-order valence-corrected chi connectivity index (χ3v) is 8.30. The Hall–Kier alpha value is -4.28. The summed E-state index contributed by atoms with van der Waals surface area (Å²) in [5.41, 5.74) is 2.87. The first-order valence-corrected chi connectivity index (χ1v) is 13.7. The van der Waals surface area contributed by atoms with Gasteiger partial charge < -0.3 is 14.6 Å². The van der Waals surface area contributed by atoms with Gasteiger partial charge in [0, 0.05) is 10.4 Å². The van der Waals surface area contributed by atoms with E-state index in [1.165, 1.54) is 23.3 Å². The number of ether oxygens (including phenoxy) is 2. The Morgan fingerprint density at radius 3 is 2.51 bits per heavy atom. The van der Waals surface area contributed by atoms with Crippen molar-refractivity contribution in [1.82, 2.24) is 4.98 Å². The molecular formula is C29H24N2O6S2. The molecular weight excluding hydrogens is 536 g/mol. The van der Waals surface area contributed by atoms with E-state index in [-0.39, 0.29) is 21.3 Å². The van der Waals surface area contributed by atoms with Gasteiger partial charge in [-0.05, 0) is 55.1 Å². The van der Waals surface area contributed by atoms with Gasteiger partial charge in [-0.3, -0.25) is 14.5 Å². The van der Waals surface area contributed by atoms with Gasteiger partial charge in [-0.25, -0.2) is 9.78 Å². The predicted octanol–water partition coefficient (Wildman–Crippen LogP) is 5.81. The number of aliphatic hydroxyl groups excluding tert-OH is 1. The molecule has 1 N–H and O–H groups in total. The first-order valence-electron chi connectivity index (χ1n) is 12.0. The Morgan fingerprint density at radius 2 is 1.85 bits per heavy atom. The molecule has 10 heteroatoms. The van der Waals surface area contributed by atoms with Gasteiger partial charge in [0.15, 0.2) is 5.13 Å². The number of carbonyl (C=O) groups is 3. The van der Waals surface area contributed by atoms with Crippen LogP contribution in [0.1, 0.15) is 43.0 Å². The van der Waals surface area contributed by atoms with Crippen molar-refractivity contribution in [2.75, 3.05) is 12.0 Å². The molecule has 1 aliphatic rings. The van der Waals surface area contributed by atoms with Gasteiger partial charge in [0.25, 0.3) is 5.78 Å². The molecule has 1 saturated heterocycles. The molecule has 5 rings (SSSR count). The second-order valence-corrected chi connectivity index (χ2v) is 10.8. The zero-order valence-corrected chi connectivity index (χ0v) is 23.0. The molecule has 2 aromatic carbocycles. The van der Waals surface area contributed by atoms with E-state index < -0.39 is 23.7 Å². The molecule has 2 aromatic heterocycles. The molecule has 8 nitrogen and oxygen atoms in total. The number of aryl methyl sites for hydroxylation is 2. The smallest absolute Gasteiger partial charge is 0.350 e. The Balaban J connectivity index is 1.49. The van der Waals surface area contributed by atoms with Crippen molar-refractivity contribution < 1.29 is 29.0 Å². The third-order valence-electron chi connectivity index (χ3n) is 6.24. The molecule has 1 fully saturated rings. The average molecular weight is 561 g/mol. The lowest BCUT2D eigenvalue weighted by Crippen LogP contribution is -2.29. The van der Waals surface area contributed by atoms with Crippen LogP contribution in [0.25, 0.3) is 5.76 Å². The highest BCUT2D eigenvalue weighted by atomic mass is 32.1. The van der Waals surface area contributed by atoms with Crippen molar-refractivity contribution in [3.63, 3.8) is 0 Å². The van der Waals surface area contributed by atoms with E-state index in [1.54, 1.807) is 43.3 Å². The van der Waals surface area contributed by atoms with Crippen LogP contribution in [0.5, 0.6) is 5.75 Å². The molecule has 0 aliphatic carbocycles. The topological polar surface area (TPSA) is 106 Å². The first kappa shape index (κ1) is 26.3.